The Morgan fingerprint density at radius 2 is 1.94 bits per heavy atom. The van der Waals surface area contributed by atoms with Crippen LogP contribution in [0.3, 0.4) is 0 Å². The smallest absolute Gasteiger partial charge is 0.159 e. The Balaban J connectivity index is 1.98. The van der Waals surface area contributed by atoms with Crippen molar-refractivity contribution in [1.29, 1.82) is 0 Å². The van der Waals surface area contributed by atoms with E-state index in [1.54, 1.807) is 11.3 Å². The third-order valence-corrected chi connectivity index (χ3v) is 4.23. The molecule has 1 atom stereocenters. The fourth-order valence-corrected chi connectivity index (χ4v) is 3.23. The summed E-state index contributed by atoms with van der Waals surface area (Å²) < 4.78 is 26.7. The molecule has 0 aliphatic heterocycles. The Hall–Kier alpha value is -0.780. The van der Waals surface area contributed by atoms with Gasteiger partial charge in [0, 0.05) is 21.2 Å². The van der Waals surface area contributed by atoms with Gasteiger partial charge in [-0.15, -0.1) is 11.3 Å². The molecule has 18 heavy (non-hydrogen) atoms. The third kappa shape index (κ3) is 3.60. The maximum atomic E-state index is 13.0. The average molecular weight is 333 g/mol. The first-order chi connectivity index (χ1) is 8.54. The first-order valence-electron chi connectivity index (χ1n) is 5.39. The van der Waals surface area contributed by atoms with Crippen molar-refractivity contribution in [2.24, 2.45) is 0 Å². The lowest BCUT2D eigenvalue weighted by Crippen LogP contribution is -2.13. The van der Waals surface area contributed by atoms with Crippen molar-refractivity contribution in [3.8, 4) is 0 Å². The lowest BCUT2D eigenvalue weighted by Gasteiger charge is -2.09. The highest BCUT2D eigenvalue weighted by Crippen LogP contribution is 2.22. The minimum atomic E-state index is -0.876. The van der Waals surface area contributed by atoms with Gasteiger partial charge < -0.3 is 5.11 Å². The standard InChI is InChI=1S/C13H11BrF2OS/c14-9-5-11(18-7-9)6-10(17)3-8-1-2-12(15)13(16)4-8/h1-2,4-5,7,10,17H,3,6H2. The SMILES string of the molecule is OC(Cc1ccc(F)c(F)c1)Cc1cc(Br)cs1. The van der Waals surface area contributed by atoms with Gasteiger partial charge in [-0.3, -0.25) is 0 Å². The molecule has 1 aromatic heterocycles. The molecule has 1 heterocycles. The quantitative estimate of drug-likeness (QED) is 0.899. The summed E-state index contributed by atoms with van der Waals surface area (Å²) in [6.45, 7) is 0. The van der Waals surface area contributed by atoms with Crippen LogP contribution < -0.4 is 0 Å². The van der Waals surface area contributed by atoms with Crippen LogP contribution in [0.2, 0.25) is 0 Å². The molecule has 2 aromatic rings. The molecule has 0 spiro atoms. The molecule has 96 valence electrons. The fourth-order valence-electron chi connectivity index (χ4n) is 1.70. The van der Waals surface area contributed by atoms with Crippen molar-refractivity contribution in [3.05, 3.63) is 56.2 Å². The van der Waals surface area contributed by atoms with Gasteiger partial charge in [-0.05, 0) is 46.1 Å². The van der Waals surface area contributed by atoms with Gasteiger partial charge in [0.05, 0.1) is 6.10 Å². The van der Waals surface area contributed by atoms with E-state index < -0.39 is 17.7 Å². The summed E-state index contributed by atoms with van der Waals surface area (Å²) in [6, 6.07) is 5.65. The van der Waals surface area contributed by atoms with Crippen LogP contribution in [-0.4, -0.2) is 11.2 Å². The molecule has 0 radical (unpaired) electrons. The second-order valence-corrected chi connectivity index (χ2v) is 5.95. The van der Waals surface area contributed by atoms with Crippen LogP contribution in [0.4, 0.5) is 8.78 Å². The van der Waals surface area contributed by atoms with E-state index in [-0.39, 0.29) is 0 Å². The van der Waals surface area contributed by atoms with Crippen molar-refractivity contribution >= 4 is 27.3 Å². The highest BCUT2D eigenvalue weighted by Gasteiger charge is 2.10. The number of thiophene rings is 1. The number of aliphatic hydroxyl groups excluding tert-OH is 1. The molecule has 0 fully saturated rings. The van der Waals surface area contributed by atoms with Gasteiger partial charge in [-0.1, -0.05) is 6.07 Å². The van der Waals surface area contributed by atoms with Gasteiger partial charge in [0.2, 0.25) is 0 Å². The molecule has 5 heteroatoms. The van der Waals surface area contributed by atoms with Gasteiger partial charge in [-0.25, -0.2) is 8.78 Å². The maximum Gasteiger partial charge on any atom is 0.159 e. The van der Waals surface area contributed by atoms with Gasteiger partial charge in [0.25, 0.3) is 0 Å². The molecule has 0 saturated carbocycles. The molecule has 0 bridgehead atoms. The number of hydrogen-bond donors (Lipinski definition) is 1. The molecular weight excluding hydrogens is 322 g/mol. The molecule has 1 aromatic carbocycles. The molecule has 2 rings (SSSR count). The van der Waals surface area contributed by atoms with E-state index in [0.717, 1.165) is 21.5 Å². The van der Waals surface area contributed by atoms with Gasteiger partial charge in [0.1, 0.15) is 0 Å². The van der Waals surface area contributed by atoms with Crippen LogP contribution in [0.1, 0.15) is 10.4 Å². The molecule has 0 aliphatic carbocycles. The summed E-state index contributed by atoms with van der Waals surface area (Å²) in [5.41, 5.74) is 0.594. The van der Waals surface area contributed by atoms with E-state index in [2.05, 4.69) is 15.9 Å². The summed E-state index contributed by atoms with van der Waals surface area (Å²) in [5.74, 6) is -1.74. The van der Waals surface area contributed by atoms with Crippen LogP contribution in [0.15, 0.2) is 34.1 Å². The molecule has 0 amide bonds. The van der Waals surface area contributed by atoms with E-state index in [0.29, 0.717) is 18.4 Å². The topological polar surface area (TPSA) is 20.2 Å². The Labute approximate surface area is 116 Å². The first kappa shape index (κ1) is 13.6. The van der Waals surface area contributed by atoms with Gasteiger partial charge >= 0.3 is 0 Å². The predicted molar refractivity (Wildman–Crippen MR) is 71.8 cm³/mol. The average Bonchev–Trinajstić information content (AvgIpc) is 2.69. The number of rotatable bonds is 4. The number of hydrogen-bond acceptors (Lipinski definition) is 2. The Morgan fingerprint density at radius 3 is 2.56 bits per heavy atom. The zero-order valence-electron chi connectivity index (χ0n) is 9.37. The highest BCUT2D eigenvalue weighted by atomic mass is 79.9. The zero-order chi connectivity index (χ0) is 13.1. The van der Waals surface area contributed by atoms with Crippen LogP contribution in [-0.2, 0) is 12.8 Å². The second kappa shape index (κ2) is 5.91. The highest BCUT2D eigenvalue weighted by molar-refractivity contribution is 9.10. The van der Waals surface area contributed by atoms with E-state index in [1.165, 1.54) is 6.07 Å². The number of benzene rings is 1. The van der Waals surface area contributed by atoms with E-state index in [9.17, 15) is 13.9 Å². The van der Waals surface area contributed by atoms with Crippen LogP contribution in [0, 0.1) is 11.6 Å². The van der Waals surface area contributed by atoms with Crippen molar-refractivity contribution in [2.75, 3.05) is 0 Å². The minimum Gasteiger partial charge on any atom is -0.392 e. The van der Waals surface area contributed by atoms with Crippen LogP contribution in [0.25, 0.3) is 0 Å². The van der Waals surface area contributed by atoms with Gasteiger partial charge in [0.15, 0.2) is 11.6 Å². The van der Waals surface area contributed by atoms with Crippen LogP contribution in [0.5, 0.6) is 0 Å². The van der Waals surface area contributed by atoms with Crippen molar-refractivity contribution in [3.63, 3.8) is 0 Å². The molecule has 1 N–H and O–H groups in total. The summed E-state index contributed by atoms with van der Waals surface area (Å²) in [6.07, 6.45) is 0.225. The fraction of sp³-hybridized carbons (Fsp3) is 0.231. The third-order valence-electron chi connectivity index (χ3n) is 2.51. The Morgan fingerprint density at radius 1 is 1.17 bits per heavy atom. The van der Waals surface area contributed by atoms with E-state index in [4.69, 9.17) is 0 Å². The molecule has 0 aliphatic rings. The lowest BCUT2D eigenvalue weighted by atomic mass is 10.0. The lowest BCUT2D eigenvalue weighted by molar-refractivity contribution is 0.176. The Bertz CT molecular complexity index is 542. The second-order valence-electron chi connectivity index (χ2n) is 4.04. The number of aliphatic hydroxyl groups is 1. The Kier molecular flexibility index (Phi) is 4.48. The molecular formula is C13H11BrF2OS. The normalized spacial score (nSPS) is 12.7. The van der Waals surface area contributed by atoms with E-state index >= 15 is 0 Å². The largest absolute Gasteiger partial charge is 0.392 e. The monoisotopic (exact) mass is 332 g/mol. The van der Waals surface area contributed by atoms with E-state index in [1.807, 2.05) is 11.4 Å². The van der Waals surface area contributed by atoms with Gasteiger partial charge in [-0.2, -0.15) is 0 Å². The summed E-state index contributed by atoms with van der Waals surface area (Å²) in [5, 5.41) is 11.8. The molecule has 1 nitrogen and oxygen atoms in total. The number of halogens is 3. The first-order valence-corrected chi connectivity index (χ1v) is 7.07. The minimum absolute atomic E-state index is 0.312. The van der Waals surface area contributed by atoms with Crippen molar-refractivity contribution < 1.29 is 13.9 Å². The van der Waals surface area contributed by atoms with Crippen LogP contribution >= 0.6 is 27.3 Å². The zero-order valence-corrected chi connectivity index (χ0v) is 11.8. The summed E-state index contributed by atoms with van der Waals surface area (Å²) in [7, 11) is 0. The maximum absolute atomic E-state index is 13.0. The molecule has 1 unspecified atom stereocenters. The summed E-state index contributed by atoms with van der Waals surface area (Å²) >= 11 is 4.90. The molecule has 0 saturated heterocycles. The predicted octanol–water partition coefficient (Wildman–Crippen LogP) is 3.93. The van der Waals surface area contributed by atoms with Crippen molar-refractivity contribution in [2.45, 2.75) is 18.9 Å². The summed E-state index contributed by atoms with van der Waals surface area (Å²) in [4.78, 5) is 1.05. The van der Waals surface area contributed by atoms with Crippen molar-refractivity contribution in [1.82, 2.24) is 0 Å².